The highest BCUT2D eigenvalue weighted by Crippen LogP contribution is 2.30. The first-order valence-electron chi connectivity index (χ1n) is 9.36. The average molecular weight is 390 g/mol. The number of carbonyl (C=O) groups excluding carboxylic acids is 1. The third kappa shape index (κ3) is 3.71. The Kier molecular flexibility index (Phi) is 5.03. The summed E-state index contributed by atoms with van der Waals surface area (Å²) in [5, 5.41) is 8.44. The van der Waals surface area contributed by atoms with Crippen LogP contribution in [0.25, 0.3) is 22.4 Å². The number of carbonyl (C=O) groups is 1. The molecule has 0 radical (unpaired) electrons. The molecular formula is C22H22N4O3. The first-order chi connectivity index (χ1) is 14.1. The molecule has 0 aliphatic carbocycles. The number of hydrogen-bond donors (Lipinski definition) is 1. The number of aromatic nitrogens is 3. The fourth-order valence-electron chi connectivity index (χ4n) is 3.43. The van der Waals surface area contributed by atoms with E-state index in [9.17, 15) is 4.79 Å². The van der Waals surface area contributed by atoms with Gasteiger partial charge in [-0.2, -0.15) is 5.10 Å². The second-order valence-electron chi connectivity index (χ2n) is 6.84. The van der Waals surface area contributed by atoms with Crippen molar-refractivity contribution in [3.05, 3.63) is 66.2 Å². The highest BCUT2D eigenvalue weighted by atomic mass is 16.5. The summed E-state index contributed by atoms with van der Waals surface area (Å²) in [5.74, 6) is 1.39. The van der Waals surface area contributed by atoms with Gasteiger partial charge in [0.05, 0.1) is 30.5 Å². The van der Waals surface area contributed by atoms with Crippen LogP contribution in [0.2, 0.25) is 0 Å². The highest BCUT2D eigenvalue weighted by Gasteiger charge is 2.18. The SMILES string of the molecule is COc1ccc(C(C)NC(=O)Cn2nc(C)c3c(-c4ccco4)ccnc32)cc1. The van der Waals surface area contributed by atoms with Crippen LogP contribution in [0.1, 0.15) is 24.2 Å². The first kappa shape index (κ1) is 18.7. The van der Waals surface area contributed by atoms with Gasteiger partial charge in [-0.05, 0) is 49.7 Å². The van der Waals surface area contributed by atoms with Gasteiger partial charge in [0.15, 0.2) is 5.65 Å². The van der Waals surface area contributed by atoms with E-state index in [2.05, 4.69) is 15.4 Å². The van der Waals surface area contributed by atoms with E-state index in [0.717, 1.165) is 33.7 Å². The Morgan fingerprint density at radius 1 is 1.24 bits per heavy atom. The molecule has 1 unspecified atom stereocenters. The number of hydrogen-bond acceptors (Lipinski definition) is 5. The lowest BCUT2D eigenvalue weighted by Crippen LogP contribution is -2.30. The molecule has 4 aromatic rings. The largest absolute Gasteiger partial charge is 0.497 e. The van der Waals surface area contributed by atoms with E-state index in [1.165, 1.54) is 0 Å². The molecule has 1 N–H and O–H groups in total. The van der Waals surface area contributed by atoms with Crippen molar-refractivity contribution in [2.24, 2.45) is 0 Å². The highest BCUT2D eigenvalue weighted by molar-refractivity contribution is 5.93. The Labute approximate surface area is 168 Å². The van der Waals surface area contributed by atoms with Crippen molar-refractivity contribution in [3.8, 4) is 17.1 Å². The Morgan fingerprint density at radius 2 is 2.03 bits per heavy atom. The third-order valence-corrected chi connectivity index (χ3v) is 4.88. The molecule has 3 aromatic heterocycles. The van der Waals surface area contributed by atoms with E-state index in [4.69, 9.17) is 9.15 Å². The lowest BCUT2D eigenvalue weighted by molar-refractivity contribution is -0.122. The Morgan fingerprint density at radius 3 is 2.72 bits per heavy atom. The number of fused-ring (bicyclic) bond motifs is 1. The van der Waals surface area contributed by atoms with Gasteiger partial charge in [0, 0.05) is 11.8 Å². The molecule has 0 saturated heterocycles. The van der Waals surface area contributed by atoms with Crippen LogP contribution in [-0.2, 0) is 11.3 Å². The minimum Gasteiger partial charge on any atom is -0.497 e. The zero-order chi connectivity index (χ0) is 20.4. The Bertz CT molecular complexity index is 1130. The summed E-state index contributed by atoms with van der Waals surface area (Å²) < 4.78 is 12.3. The fraction of sp³-hybridized carbons (Fsp3) is 0.227. The Hall–Kier alpha value is -3.61. The normalized spacial score (nSPS) is 12.1. The van der Waals surface area contributed by atoms with Crippen molar-refractivity contribution in [2.75, 3.05) is 7.11 Å². The topological polar surface area (TPSA) is 82.2 Å². The number of benzene rings is 1. The standard InChI is InChI=1S/C22H22N4O3/c1-14(16-6-8-17(28-3)9-7-16)24-20(27)13-26-22-21(15(2)25-26)18(10-11-23-22)19-5-4-12-29-19/h4-12,14H,13H2,1-3H3,(H,24,27). The molecule has 0 fully saturated rings. The number of pyridine rings is 1. The number of rotatable bonds is 6. The van der Waals surface area contributed by atoms with E-state index >= 15 is 0 Å². The molecule has 0 saturated carbocycles. The summed E-state index contributed by atoms with van der Waals surface area (Å²) in [6, 6.07) is 13.1. The molecule has 0 aliphatic rings. The smallest absolute Gasteiger partial charge is 0.242 e. The zero-order valence-corrected chi connectivity index (χ0v) is 16.5. The molecule has 7 nitrogen and oxygen atoms in total. The predicted molar refractivity (Wildman–Crippen MR) is 110 cm³/mol. The van der Waals surface area contributed by atoms with Crippen LogP contribution in [0.5, 0.6) is 5.75 Å². The molecule has 1 aromatic carbocycles. The summed E-state index contributed by atoms with van der Waals surface area (Å²) in [6.45, 7) is 3.93. The average Bonchev–Trinajstić information content (AvgIpc) is 3.37. The fourth-order valence-corrected chi connectivity index (χ4v) is 3.43. The number of nitrogens with one attached hydrogen (secondary N) is 1. The van der Waals surface area contributed by atoms with Crippen LogP contribution in [0.4, 0.5) is 0 Å². The van der Waals surface area contributed by atoms with Gasteiger partial charge >= 0.3 is 0 Å². The van der Waals surface area contributed by atoms with Crippen LogP contribution in [0.15, 0.2) is 59.3 Å². The molecule has 3 heterocycles. The molecule has 1 atom stereocenters. The molecule has 148 valence electrons. The van der Waals surface area contributed by atoms with E-state index < -0.39 is 0 Å². The van der Waals surface area contributed by atoms with Crippen molar-refractivity contribution < 1.29 is 13.9 Å². The number of methoxy groups -OCH3 is 1. The van der Waals surface area contributed by atoms with Gasteiger partial charge in [0.2, 0.25) is 5.91 Å². The summed E-state index contributed by atoms with van der Waals surface area (Å²) in [4.78, 5) is 17.1. The van der Waals surface area contributed by atoms with Crippen molar-refractivity contribution in [2.45, 2.75) is 26.4 Å². The first-order valence-corrected chi connectivity index (χ1v) is 9.36. The van der Waals surface area contributed by atoms with Crippen LogP contribution in [0.3, 0.4) is 0 Å². The summed E-state index contributed by atoms with van der Waals surface area (Å²) >= 11 is 0. The number of aryl methyl sites for hydroxylation is 1. The number of furan rings is 1. The third-order valence-electron chi connectivity index (χ3n) is 4.88. The number of nitrogens with zero attached hydrogens (tertiary/aromatic N) is 3. The summed E-state index contributed by atoms with van der Waals surface area (Å²) in [7, 11) is 1.63. The van der Waals surface area contributed by atoms with Gasteiger partial charge in [-0.25, -0.2) is 9.67 Å². The van der Waals surface area contributed by atoms with Crippen molar-refractivity contribution in [1.82, 2.24) is 20.1 Å². The van der Waals surface area contributed by atoms with Crippen LogP contribution >= 0.6 is 0 Å². The van der Waals surface area contributed by atoms with Gasteiger partial charge in [-0.15, -0.1) is 0 Å². The molecule has 0 bridgehead atoms. The quantitative estimate of drug-likeness (QED) is 0.540. The minimum absolute atomic E-state index is 0.0828. The summed E-state index contributed by atoms with van der Waals surface area (Å²) in [5.41, 5.74) is 3.37. The molecule has 4 rings (SSSR count). The number of ether oxygens (including phenoxy) is 1. The van der Waals surface area contributed by atoms with E-state index in [-0.39, 0.29) is 18.5 Å². The van der Waals surface area contributed by atoms with Gasteiger partial charge in [-0.1, -0.05) is 12.1 Å². The molecule has 0 spiro atoms. The Balaban J connectivity index is 1.54. The van der Waals surface area contributed by atoms with Gasteiger partial charge < -0.3 is 14.5 Å². The predicted octanol–water partition coefficient (Wildman–Crippen LogP) is 3.89. The van der Waals surface area contributed by atoms with Crippen LogP contribution in [-0.4, -0.2) is 27.8 Å². The molecule has 7 heteroatoms. The summed E-state index contributed by atoms with van der Waals surface area (Å²) in [6.07, 6.45) is 3.34. The maximum absolute atomic E-state index is 12.6. The number of amides is 1. The lowest BCUT2D eigenvalue weighted by atomic mass is 10.1. The maximum Gasteiger partial charge on any atom is 0.242 e. The van der Waals surface area contributed by atoms with Gasteiger partial charge in [-0.3, -0.25) is 4.79 Å². The molecule has 29 heavy (non-hydrogen) atoms. The van der Waals surface area contributed by atoms with Crippen LogP contribution in [0, 0.1) is 6.92 Å². The second-order valence-corrected chi connectivity index (χ2v) is 6.84. The van der Waals surface area contributed by atoms with Crippen molar-refractivity contribution >= 4 is 16.9 Å². The van der Waals surface area contributed by atoms with Gasteiger partial charge in [0.25, 0.3) is 0 Å². The molecule has 0 aliphatic heterocycles. The molecular weight excluding hydrogens is 368 g/mol. The monoisotopic (exact) mass is 390 g/mol. The minimum atomic E-state index is -0.136. The van der Waals surface area contributed by atoms with E-state index in [0.29, 0.717) is 5.65 Å². The molecule has 1 amide bonds. The van der Waals surface area contributed by atoms with Gasteiger partial charge in [0.1, 0.15) is 18.1 Å². The van der Waals surface area contributed by atoms with E-state index in [1.807, 2.05) is 56.3 Å². The van der Waals surface area contributed by atoms with Crippen molar-refractivity contribution in [1.29, 1.82) is 0 Å². The lowest BCUT2D eigenvalue weighted by Gasteiger charge is -2.15. The zero-order valence-electron chi connectivity index (χ0n) is 16.5. The van der Waals surface area contributed by atoms with Crippen molar-refractivity contribution in [3.63, 3.8) is 0 Å². The maximum atomic E-state index is 12.6. The van der Waals surface area contributed by atoms with E-state index in [1.54, 1.807) is 24.3 Å². The second kappa shape index (κ2) is 7.79. The van der Waals surface area contributed by atoms with Crippen LogP contribution < -0.4 is 10.1 Å².